The molecule has 1 aliphatic rings. The van der Waals surface area contributed by atoms with Gasteiger partial charge in [-0.1, -0.05) is 51.0 Å². The van der Waals surface area contributed by atoms with E-state index in [4.69, 9.17) is 0 Å². The SMILES string of the molecule is CCCCNCC1(CNCCCC)c2cc(C)c(C)cc2-c2cc(C)c(C)cc21. The van der Waals surface area contributed by atoms with Crippen LogP contribution in [0.2, 0.25) is 0 Å². The van der Waals surface area contributed by atoms with Gasteiger partial charge in [0.1, 0.15) is 0 Å². The highest BCUT2D eigenvalue weighted by Crippen LogP contribution is 2.50. The van der Waals surface area contributed by atoms with Gasteiger partial charge in [-0.25, -0.2) is 0 Å². The summed E-state index contributed by atoms with van der Waals surface area (Å²) in [7, 11) is 0. The summed E-state index contributed by atoms with van der Waals surface area (Å²) in [6.45, 7) is 17.7. The number of aryl methyl sites for hydroxylation is 4. The quantitative estimate of drug-likeness (QED) is 0.487. The van der Waals surface area contributed by atoms with Gasteiger partial charge in [-0.2, -0.15) is 0 Å². The van der Waals surface area contributed by atoms with Crippen molar-refractivity contribution in [2.24, 2.45) is 0 Å². The van der Waals surface area contributed by atoms with Crippen LogP contribution in [0, 0.1) is 27.7 Å². The molecule has 29 heavy (non-hydrogen) atoms. The smallest absolute Gasteiger partial charge is 0.0463 e. The standard InChI is InChI=1S/C27H40N2/c1-7-9-11-28-17-27(18-29-12-10-8-2)25-15-21(5)19(3)13-23(25)24-14-20(4)22(6)16-26(24)27/h13-16,28-29H,7-12,17-18H2,1-6H3. The maximum Gasteiger partial charge on any atom is 0.0463 e. The van der Waals surface area contributed by atoms with Crippen molar-refractivity contribution in [3.05, 3.63) is 57.6 Å². The lowest BCUT2D eigenvalue weighted by Crippen LogP contribution is -2.46. The molecule has 0 saturated carbocycles. The van der Waals surface area contributed by atoms with Crippen LogP contribution < -0.4 is 10.6 Å². The Morgan fingerprint density at radius 3 is 1.38 bits per heavy atom. The molecule has 0 heterocycles. The third-order valence-electron chi connectivity index (χ3n) is 6.86. The highest BCUT2D eigenvalue weighted by Gasteiger charge is 2.43. The molecule has 3 rings (SSSR count). The Balaban J connectivity index is 2.11. The molecule has 0 unspecified atom stereocenters. The molecular formula is C27H40N2. The molecule has 1 aliphatic carbocycles. The third kappa shape index (κ3) is 4.29. The lowest BCUT2D eigenvalue weighted by atomic mass is 9.76. The van der Waals surface area contributed by atoms with Crippen LogP contribution >= 0.6 is 0 Å². The van der Waals surface area contributed by atoms with E-state index in [-0.39, 0.29) is 5.41 Å². The molecule has 0 bridgehead atoms. The second kappa shape index (κ2) is 9.45. The highest BCUT2D eigenvalue weighted by atomic mass is 14.9. The average molecular weight is 393 g/mol. The van der Waals surface area contributed by atoms with E-state index >= 15 is 0 Å². The van der Waals surface area contributed by atoms with Gasteiger partial charge >= 0.3 is 0 Å². The monoisotopic (exact) mass is 392 g/mol. The van der Waals surface area contributed by atoms with E-state index in [1.807, 2.05) is 0 Å². The highest BCUT2D eigenvalue weighted by molar-refractivity contribution is 5.83. The summed E-state index contributed by atoms with van der Waals surface area (Å²) >= 11 is 0. The van der Waals surface area contributed by atoms with Crippen LogP contribution in [0.5, 0.6) is 0 Å². The van der Waals surface area contributed by atoms with Crippen molar-refractivity contribution in [1.29, 1.82) is 0 Å². The van der Waals surface area contributed by atoms with Gasteiger partial charge in [0, 0.05) is 18.5 Å². The van der Waals surface area contributed by atoms with E-state index in [9.17, 15) is 0 Å². The predicted molar refractivity (Wildman–Crippen MR) is 127 cm³/mol. The zero-order valence-electron chi connectivity index (χ0n) is 19.5. The lowest BCUT2D eigenvalue weighted by Gasteiger charge is -2.34. The molecule has 2 heteroatoms. The van der Waals surface area contributed by atoms with Crippen molar-refractivity contribution >= 4 is 0 Å². The Kier molecular flexibility index (Phi) is 7.19. The summed E-state index contributed by atoms with van der Waals surface area (Å²) in [4.78, 5) is 0. The van der Waals surface area contributed by atoms with Crippen molar-refractivity contribution in [2.45, 2.75) is 72.6 Å². The summed E-state index contributed by atoms with van der Waals surface area (Å²) in [6, 6.07) is 9.80. The number of fused-ring (bicyclic) bond motifs is 3. The van der Waals surface area contributed by atoms with E-state index in [0.717, 1.165) is 26.2 Å². The molecule has 2 nitrogen and oxygen atoms in total. The van der Waals surface area contributed by atoms with Crippen LogP contribution in [0.3, 0.4) is 0 Å². The van der Waals surface area contributed by atoms with E-state index in [0.29, 0.717) is 0 Å². The summed E-state index contributed by atoms with van der Waals surface area (Å²) in [6.07, 6.45) is 4.94. The van der Waals surface area contributed by atoms with Gasteiger partial charge in [0.05, 0.1) is 0 Å². The van der Waals surface area contributed by atoms with Crippen molar-refractivity contribution in [3.63, 3.8) is 0 Å². The van der Waals surface area contributed by atoms with Gasteiger partial charge in [0.2, 0.25) is 0 Å². The summed E-state index contributed by atoms with van der Waals surface area (Å²) in [5, 5.41) is 7.64. The molecular weight excluding hydrogens is 352 g/mol. The zero-order valence-corrected chi connectivity index (χ0v) is 19.5. The van der Waals surface area contributed by atoms with Crippen molar-refractivity contribution in [2.75, 3.05) is 26.2 Å². The number of unbranched alkanes of at least 4 members (excludes halogenated alkanes) is 2. The van der Waals surface area contributed by atoms with Crippen LogP contribution in [0.1, 0.15) is 72.9 Å². The number of hydrogen-bond donors (Lipinski definition) is 2. The summed E-state index contributed by atoms with van der Waals surface area (Å²) in [5.41, 5.74) is 11.5. The molecule has 2 aromatic rings. The van der Waals surface area contributed by atoms with E-state index < -0.39 is 0 Å². The molecule has 2 N–H and O–H groups in total. The summed E-state index contributed by atoms with van der Waals surface area (Å²) < 4.78 is 0. The van der Waals surface area contributed by atoms with E-state index in [2.05, 4.69) is 76.4 Å². The molecule has 0 aromatic heterocycles. The minimum atomic E-state index is 0.00305. The van der Waals surface area contributed by atoms with Gasteiger partial charge in [-0.15, -0.1) is 0 Å². The topological polar surface area (TPSA) is 24.1 Å². The molecule has 0 saturated heterocycles. The molecule has 0 spiro atoms. The Bertz CT molecular complexity index is 779. The fourth-order valence-electron chi connectivity index (χ4n) is 4.67. The first kappa shape index (κ1) is 22.1. The van der Waals surface area contributed by atoms with Crippen LogP contribution in [0.4, 0.5) is 0 Å². The summed E-state index contributed by atoms with van der Waals surface area (Å²) in [5.74, 6) is 0. The maximum atomic E-state index is 3.82. The minimum absolute atomic E-state index is 0.00305. The predicted octanol–water partition coefficient (Wildman–Crippen LogP) is 5.97. The van der Waals surface area contributed by atoms with Gasteiger partial charge < -0.3 is 10.6 Å². The first-order valence-corrected chi connectivity index (χ1v) is 11.6. The van der Waals surface area contributed by atoms with Crippen molar-refractivity contribution in [1.82, 2.24) is 10.6 Å². The first-order chi connectivity index (χ1) is 13.9. The Hall–Kier alpha value is -1.64. The normalized spacial score (nSPS) is 14.1. The second-order valence-corrected chi connectivity index (χ2v) is 9.11. The molecule has 0 amide bonds. The van der Waals surface area contributed by atoms with Crippen LogP contribution in [0.25, 0.3) is 11.1 Å². The van der Waals surface area contributed by atoms with Gasteiger partial charge in [0.25, 0.3) is 0 Å². The molecule has 0 atom stereocenters. The first-order valence-electron chi connectivity index (χ1n) is 11.6. The third-order valence-corrected chi connectivity index (χ3v) is 6.86. The zero-order chi connectivity index (χ0) is 21.0. The minimum Gasteiger partial charge on any atom is -0.315 e. The Labute approximate surface area is 178 Å². The van der Waals surface area contributed by atoms with Gasteiger partial charge in [-0.05, 0) is 98.1 Å². The fourth-order valence-corrected chi connectivity index (χ4v) is 4.67. The van der Waals surface area contributed by atoms with Gasteiger partial charge in [-0.3, -0.25) is 0 Å². The number of nitrogens with one attached hydrogen (secondary N) is 2. The maximum absolute atomic E-state index is 3.82. The number of benzene rings is 2. The van der Waals surface area contributed by atoms with Crippen LogP contribution in [-0.2, 0) is 5.41 Å². The van der Waals surface area contributed by atoms with Crippen LogP contribution in [-0.4, -0.2) is 26.2 Å². The Morgan fingerprint density at radius 2 is 1.00 bits per heavy atom. The van der Waals surface area contributed by atoms with Gasteiger partial charge in [0.15, 0.2) is 0 Å². The number of rotatable bonds is 10. The molecule has 2 aromatic carbocycles. The van der Waals surface area contributed by atoms with E-state index in [1.165, 1.54) is 70.2 Å². The lowest BCUT2D eigenvalue weighted by molar-refractivity contribution is 0.432. The Morgan fingerprint density at radius 1 is 0.621 bits per heavy atom. The largest absolute Gasteiger partial charge is 0.315 e. The van der Waals surface area contributed by atoms with Crippen molar-refractivity contribution in [3.8, 4) is 11.1 Å². The second-order valence-electron chi connectivity index (χ2n) is 9.11. The number of hydrogen-bond acceptors (Lipinski definition) is 2. The van der Waals surface area contributed by atoms with Crippen molar-refractivity contribution < 1.29 is 0 Å². The average Bonchev–Trinajstić information content (AvgIpc) is 2.93. The molecule has 0 aliphatic heterocycles. The molecule has 0 fully saturated rings. The van der Waals surface area contributed by atoms with Crippen LogP contribution in [0.15, 0.2) is 24.3 Å². The van der Waals surface area contributed by atoms with E-state index in [1.54, 1.807) is 0 Å². The fraction of sp³-hybridized carbons (Fsp3) is 0.556. The molecule has 158 valence electrons. The molecule has 0 radical (unpaired) electrons.